The number of aliphatic hydroxyl groups excluding tert-OH is 1. The minimum Gasteiger partial charge on any atom is -0.394 e. The Morgan fingerprint density at radius 1 is 1.38 bits per heavy atom. The SMILES string of the molecule is CCCN1CCC(NS(=O)(=O)c2cnn(CCO)c2)CC1. The van der Waals surface area contributed by atoms with Crippen LogP contribution in [-0.2, 0) is 16.6 Å². The summed E-state index contributed by atoms with van der Waals surface area (Å²) in [4.78, 5) is 2.52. The van der Waals surface area contributed by atoms with Crippen molar-refractivity contribution in [2.75, 3.05) is 26.2 Å². The van der Waals surface area contributed by atoms with Crippen LogP contribution >= 0.6 is 0 Å². The Labute approximate surface area is 126 Å². The molecule has 0 saturated carbocycles. The van der Waals surface area contributed by atoms with Gasteiger partial charge in [-0.3, -0.25) is 4.68 Å². The van der Waals surface area contributed by atoms with Crippen LogP contribution in [-0.4, -0.2) is 60.5 Å². The Balaban J connectivity index is 1.92. The van der Waals surface area contributed by atoms with Crippen molar-refractivity contribution in [3.8, 4) is 0 Å². The summed E-state index contributed by atoms with van der Waals surface area (Å²) in [5, 5.41) is 12.8. The summed E-state index contributed by atoms with van der Waals surface area (Å²) in [6.45, 7) is 5.33. The van der Waals surface area contributed by atoms with Crippen molar-refractivity contribution in [2.45, 2.75) is 43.7 Å². The van der Waals surface area contributed by atoms with Crippen LogP contribution in [0.25, 0.3) is 0 Å². The second-order valence-electron chi connectivity index (χ2n) is 5.40. The fourth-order valence-corrected chi connectivity index (χ4v) is 3.84. The van der Waals surface area contributed by atoms with E-state index in [1.165, 1.54) is 17.1 Å². The lowest BCUT2D eigenvalue weighted by Crippen LogP contribution is -2.44. The number of piperidine rings is 1. The van der Waals surface area contributed by atoms with Crippen LogP contribution in [0.3, 0.4) is 0 Å². The number of hydrogen-bond acceptors (Lipinski definition) is 5. The molecule has 8 heteroatoms. The van der Waals surface area contributed by atoms with E-state index in [-0.39, 0.29) is 17.5 Å². The average molecular weight is 316 g/mol. The summed E-state index contributed by atoms with van der Waals surface area (Å²) in [6.07, 6.45) is 5.57. The van der Waals surface area contributed by atoms with E-state index in [1.807, 2.05) is 0 Å². The smallest absolute Gasteiger partial charge is 0.243 e. The second kappa shape index (κ2) is 7.35. The standard InChI is InChI=1S/C13H24N4O3S/c1-2-5-16-6-3-12(4-7-16)15-21(19,20)13-10-14-17(11-13)8-9-18/h10-12,15,18H,2-9H2,1H3. The van der Waals surface area contributed by atoms with Crippen LogP contribution in [0.4, 0.5) is 0 Å². The predicted molar refractivity (Wildman–Crippen MR) is 79.4 cm³/mol. The molecule has 0 aliphatic carbocycles. The first-order chi connectivity index (χ1) is 10.0. The van der Waals surface area contributed by atoms with Crippen molar-refractivity contribution >= 4 is 10.0 Å². The number of likely N-dealkylation sites (tertiary alicyclic amines) is 1. The van der Waals surface area contributed by atoms with E-state index in [9.17, 15) is 8.42 Å². The third-order valence-corrected chi connectivity index (χ3v) is 5.17. The van der Waals surface area contributed by atoms with Crippen LogP contribution in [0, 0.1) is 0 Å². The molecule has 0 bridgehead atoms. The molecule has 2 N–H and O–H groups in total. The molecule has 1 fully saturated rings. The van der Waals surface area contributed by atoms with Crippen molar-refractivity contribution in [2.24, 2.45) is 0 Å². The van der Waals surface area contributed by atoms with E-state index < -0.39 is 10.0 Å². The van der Waals surface area contributed by atoms with E-state index >= 15 is 0 Å². The third kappa shape index (κ3) is 4.50. The van der Waals surface area contributed by atoms with Gasteiger partial charge in [-0.15, -0.1) is 0 Å². The Kier molecular flexibility index (Phi) is 5.74. The Bertz CT molecular complexity index is 535. The Morgan fingerprint density at radius 3 is 2.71 bits per heavy atom. The largest absolute Gasteiger partial charge is 0.394 e. The molecule has 0 spiro atoms. The van der Waals surface area contributed by atoms with Crippen molar-refractivity contribution in [1.82, 2.24) is 19.4 Å². The number of hydrogen-bond donors (Lipinski definition) is 2. The highest BCUT2D eigenvalue weighted by molar-refractivity contribution is 7.89. The normalized spacial score (nSPS) is 18.2. The van der Waals surface area contributed by atoms with Crippen LogP contribution in [0.2, 0.25) is 0 Å². The number of aromatic nitrogens is 2. The molecule has 0 aromatic carbocycles. The first kappa shape index (κ1) is 16.4. The van der Waals surface area contributed by atoms with E-state index in [1.54, 1.807) is 0 Å². The Hall–Kier alpha value is -0.960. The van der Waals surface area contributed by atoms with Crippen molar-refractivity contribution in [1.29, 1.82) is 0 Å². The molecule has 7 nitrogen and oxygen atoms in total. The van der Waals surface area contributed by atoms with Gasteiger partial charge in [0.25, 0.3) is 0 Å². The molecule has 1 aliphatic rings. The molecular formula is C13H24N4O3S. The molecule has 120 valence electrons. The first-order valence-corrected chi connectivity index (χ1v) is 8.91. The molecule has 0 atom stereocenters. The molecule has 1 aliphatic heterocycles. The maximum Gasteiger partial charge on any atom is 0.243 e. The lowest BCUT2D eigenvalue weighted by Gasteiger charge is -2.31. The molecular weight excluding hydrogens is 292 g/mol. The van der Waals surface area contributed by atoms with Gasteiger partial charge in [0.15, 0.2) is 0 Å². The highest BCUT2D eigenvalue weighted by Crippen LogP contribution is 2.14. The maximum absolute atomic E-state index is 12.3. The zero-order valence-electron chi connectivity index (χ0n) is 12.4. The summed E-state index contributed by atoms with van der Waals surface area (Å²) >= 11 is 0. The molecule has 0 unspecified atom stereocenters. The van der Waals surface area contributed by atoms with Gasteiger partial charge in [0.05, 0.1) is 19.3 Å². The van der Waals surface area contributed by atoms with E-state index in [4.69, 9.17) is 5.11 Å². The topological polar surface area (TPSA) is 87.5 Å². The second-order valence-corrected chi connectivity index (χ2v) is 7.11. The zero-order valence-corrected chi connectivity index (χ0v) is 13.2. The van der Waals surface area contributed by atoms with Crippen molar-refractivity contribution < 1.29 is 13.5 Å². The van der Waals surface area contributed by atoms with Gasteiger partial charge in [-0.2, -0.15) is 5.10 Å². The predicted octanol–water partition coefficient (Wildman–Crippen LogP) is 0.0281. The summed E-state index contributed by atoms with van der Waals surface area (Å²) in [7, 11) is -3.52. The summed E-state index contributed by atoms with van der Waals surface area (Å²) in [6, 6.07) is -0.00991. The number of aliphatic hydroxyl groups is 1. The minimum atomic E-state index is -3.52. The van der Waals surface area contributed by atoms with Crippen LogP contribution in [0.5, 0.6) is 0 Å². The number of sulfonamides is 1. The van der Waals surface area contributed by atoms with Gasteiger partial charge in [0.2, 0.25) is 10.0 Å². The number of nitrogens with one attached hydrogen (secondary N) is 1. The quantitative estimate of drug-likeness (QED) is 0.741. The zero-order chi connectivity index (χ0) is 15.3. The van der Waals surface area contributed by atoms with Gasteiger partial charge in [-0.25, -0.2) is 13.1 Å². The van der Waals surface area contributed by atoms with Gasteiger partial charge in [0, 0.05) is 12.2 Å². The lowest BCUT2D eigenvalue weighted by atomic mass is 10.1. The lowest BCUT2D eigenvalue weighted by molar-refractivity contribution is 0.208. The molecule has 1 aromatic rings. The van der Waals surface area contributed by atoms with Crippen LogP contribution in [0.1, 0.15) is 26.2 Å². The third-order valence-electron chi connectivity index (χ3n) is 3.70. The summed E-state index contributed by atoms with van der Waals surface area (Å²) in [5.74, 6) is 0. The number of nitrogens with zero attached hydrogens (tertiary/aromatic N) is 3. The van der Waals surface area contributed by atoms with E-state index in [0.717, 1.165) is 38.9 Å². The molecule has 1 aromatic heterocycles. The average Bonchev–Trinajstić information content (AvgIpc) is 2.91. The van der Waals surface area contributed by atoms with Gasteiger partial charge >= 0.3 is 0 Å². The molecule has 2 heterocycles. The summed E-state index contributed by atoms with van der Waals surface area (Å²) < 4.78 is 28.8. The maximum atomic E-state index is 12.3. The highest BCUT2D eigenvalue weighted by Gasteiger charge is 2.25. The van der Waals surface area contributed by atoms with Gasteiger partial charge in [-0.1, -0.05) is 6.92 Å². The van der Waals surface area contributed by atoms with Gasteiger partial charge < -0.3 is 10.0 Å². The monoisotopic (exact) mass is 316 g/mol. The fraction of sp³-hybridized carbons (Fsp3) is 0.769. The molecule has 0 radical (unpaired) electrons. The fourth-order valence-electron chi connectivity index (χ4n) is 2.59. The molecule has 1 saturated heterocycles. The van der Waals surface area contributed by atoms with Crippen LogP contribution < -0.4 is 4.72 Å². The van der Waals surface area contributed by atoms with Crippen molar-refractivity contribution in [3.63, 3.8) is 0 Å². The minimum absolute atomic E-state index is 0.00991. The molecule has 2 rings (SSSR count). The number of rotatable bonds is 7. The molecule has 0 amide bonds. The van der Waals surface area contributed by atoms with Crippen molar-refractivity contribution in [3.05, 3.63) is 12.4 Å². The molecule has 21 heavy (non-hydrogen) atoms. The van der Waals surface area contributed by atoms with E-state index in [2.05, 4.69) is 21.6 Å². The summed E-state index contributed by atoms with van der Waals surface area (Å²) in [5.41, 5.74) is 0. The highest BCUT2D eigenvalue weighted by atomic mass is 32.2. The van der Waals surface area contributed by atoms with Gasteiger partial charge in [-0.05, 0) is 38.9 Å². The van der Waals surface area contributed by atoms with Crippen LogP contribution in [0.15, 0.2) is 17.3 Å². The van der Waals surface area contributed by atoms with Gasteiger partial charge in [0.1, 0.15) is 4.90 Å². The van der Waals surface area contributed by atoms with E-state index in [0.29, 0.717) is 6.54 Å². The Morgan fingerprint density at radius 2 is 2.10 bits per heavy atom. The first-order valence-electron chi connectivity index (χ1n) is 7.43.